The van der Waals surface area contributed by atoms with Crippen molar-refractivity contribution in [1.29, 1.82) is 0 Å². The lowest BCUT2D eigenvalue weighted by atomic mass is 10.1. The number of halogens is 1. The fraction of sp³-hybridized carbons (Fsp3) is 0.308. The summed E-state index contributed by atoms with van der Waals surface area (Å²) in [6, 6.07) is 8.04. The lowest BCUT2D eigenvalue weighted by molar-refractivity contribution is 0.573. The Hall–Kier alpha value is -1.29. The Morgan fingerprint density at radius 1 is 1.41 bits per heavy atom. The summed E-state index contributed by atoms with van der Waals surface area (Å²) in [6.45, 7) is 3.09. The average Bonchev–Trinajstić information content (AvgIpc) is 2.68. The first-order valence-electron chi connectivity index (χ1n) is 5.79. The monoisotopic (exact) mass is 293 g/mol. The molecular formula is C13H16BrN3. The van der Waals surface area contributed by atoms with Crippen LogP contribution in [0.2, 0.25) is 0 Å². The Bertz CT molecular complexity index is 505. The molecule has 17 heavy (non-hydrogen) atoms. The zero-order valence-electron chi connectivity index (χ0n) is 9.86. The minimum absolute atomic E-state index is 0.735. The molecule has 0 bridgehead atoms. The summed E-state index contributed by atoms with van der Waals surface area (Å²) < 4.78 is 2.97. The van der Waals surface area contributed by atoms with Gasteiger partial charge in [0.25, 0.3) is 0 Å². The molecule has 0 atom stereocenters. The van der Waals surface area contributed by atoms with Gasteiger partial charge in [0.1, 0.15) is 5.69 Å². The third-order valence-electron chi connectivity index (χ3n) is 2.63. The molecule has 3 nitrogen and oxygen atoms in total. The minimum atomic E-state index is 0.735. The standard InChI is InChI=1S/C13H16BrN3/c1-2-3-7-17-9-12(15)13(16-17)10-5-4-6-11(14)8-10/h4-6,8-9H,2-3,7,15H2,1H3. The van der Waals surface area contributed by atoms with Gasteiger partial charge in [-0.05, 0) is 18.6 Å². The van der Waals surface area contributed by atoms with E-state index in [4.69, 9.17) is 5.73 Å². The number of nitrogen functional groups attached to an aromatic ring is 1. The Morgan fingerprint density at radius 2 is 2.24 bits per heavy atom. The first kappa shape index (κ1) is 12.2. The van der Waals surface area contributed by atoms with Crippen LogP contribution in [0.3, 0.4) is 0 Å². The summed E-state index contributed by atoms with van der Waals surface area (Å²) in [5, 5.41) is 4.53. The molecule has 0 saturated heterocycles. The van der Waals surface area contributed by atoms with E-state index in [0.29, 0.717) is 0 Å². The van der Waals surface area contributed by atoms with Crippen LogP contribution in [0.25, 0.3) is 11.3 Å². The van der Waals surface area contributed by atoms with Gasteiger partial charge < -0.3 is 5.73 Å². The molecule has 0 spiro atoms. The number of benzene rings is 1. The SMILES string of the molecule is CCCCn1cc(N)c(-c2cccc(Br)c2)n1. The van der Waals surface area contributed by atoms with Crippen LogP contribution in [-0.2, 0) is 6.54 Å². The maximum absolute atomic E-state index is 6.00. The quantitative estimate of drug-likeness (QED) is 0.934. The van der Waals surface area contributed by atoms with Gasteiger partial charge in [-0.3, -0.25) is 4.68 Å². The summed E-state index contributed by atoms with van der Waals surface area (Å²) in [5.41, 5.74) is 8.64. The third-order valence-corrected chi connectivity index (χ3v) is 3.12. The summed E-state index contributed by atoms with van der Waals surface area (Å²) in [4.78, 5) is 0. The van der Waals surface area contributed by atoms with Crippen LogP contribution in [0, 0.1) is 0 Å². The van der Waals surface area contributed by atoms with E-state index in [1.54, 1.807) is 0 Å². The van der Waals surface area contributed by atoms with Crippen LogP contribution in [0.4, 0.5) is 5.69 Å². The number of unbranched alkanes of at least 4 members (excludes halogenated alkanes) is 1. The number of aromatic nitrogens is 2. The smallest absolute Gasteiger partial charge is 0.115 e. The van der Waals surface area contributed by atoms with Crippen LogP contribution in [-0.4, -0.2) is 9.78 Å². The van der Waals surface area contributed by atoms with Gasteiger partial charge in [0, 0.05) is 22.8 Å². The number of nitrogens with two attached hydrogens (primary N) is 1. The summed E-state index contributed by atoms with van der Waals surface area (Å²) >= 11 is 3.46. The average molecular weight is 294 g/mol. The van der Waals surface area contributed by atoms with Crippen molar-refractivity contribution in [2.24, 2.45) is 0 Å². The van der Waals surface area contributed by atoms with Crippen molar-refractivity contribution < 1.29 is 0 Å². The van der Waals surface area contributed by atoms with Crippen molar-refractivity contribution >= 4 is 21.6 Å². The lowest BCUT2D eigenvalue weighted by Gasteiger charge is -2.00. The van der Waals surface area contributed by atoms with E-state index in [1.165, 1.54) is 0 Å². The number of rotatable bonds is 4. The van der Waals surface area contributed by atoms with Crippen LogP contribution in [0.1, 0.15) is 19.8 Å². The molecule has 1 heterocycles. The fourth-order valence-corrected chi connectivity index (χ4v) is 2.13. The molecule has 0 amide bonds. The molecule has 0 fully saturated rings. The van der Waals surface area contributed by atoms with Crippen LogP contribution >= 0.6 is 15.9 Å². The normalized spacial score (nSPS) is 10.7. The molecule has 90 valence electrons. The zero-order chi connectivity index (χ0) is 12.3. The number of hydrogen-bond donors (Lipinski definition) is 1. The summed E-state index contributed by atoms with van der Waals surface area (Å²) in [6.07, 6.45) is 4.19. The van der Waals surface area contributed by atoms with E-state index in [2.05, 4.69) is 28.0 Å². The van der Waals surface area contributed by atoms with Crippen molar-refractivity contribution in [2.75, 3.05) is 5.73 Å². The molecule has 1 aromatic carbocycles. The lowest BCUT2D eigenvalue weighted by Crippen LogP contribution is -1.97. The Labute approximate surface area is 110 Å². The van der Waals surface area contributed by atoms with E-state index in [0.717, 1.165) is 40.8 Å². The Kier molecular flexibility index (Phi) is 3.84. The second-order valence-corrected chi connectivity index (χ2v) is 4.98. The Morgan fingerprint density at radius 3 is 2.94 bits per heavy atom. The first-order valence-corrected chi connectivity index (χ1v) is 6.59. The molecule has 0 aliphatic heterocycles. The third kappa shape index (κ3) is 2.88. The van der Waals surface area contributed by atoms with Gasteiger partial charge >= 0.3 is 0 Å². The van der Waals surface area contributed by atoms with E-state index < -0.39 is 0 Å². The predicted octanol–water partition coefficient (Wildman–Crippen LogP) is 3.69. The minimum Gasteiger partial charge on any atom is -0.396 e. The van der Waals surface area contributed by atoms with Crippen LogP contribution < -0.4 is 5.73 Å². The predicted molar refractivity (Wildman–Crippen MR) is 74.7 cm³/mol. The van der Waals surface area contributed by atoms with E-state index in [9.17, 15) is 0 Å². The van der Waals surface area contributed by atoms with Gasteiger partial charge in [-0.25, -0.2) is 0 Å². The number of nitrogens with zero attached hydrogens (tertiary/aromatic N) is 2. The van der Waals surface area contributed by atoms with Gasteiger partial charge in [0.05, 0.1) is 5.69 Å². The van der Waals surface area contributed by atoms with Crippen molar-refractivity contribution in [3.63, 3.8) is 0 Å². The molecule has 0 aliphatic carbocycles. The van der Waals surface area contributed by atoms with Gasteiger partial charge in [-0.15, -0.1) is 0 Å². The van der Waals surface area contributed by atoms with Gasteiger partial charge in [0.2, 0.25) is 0 Å². The highest BCUT2D eigenvalue weighted by Gasteiger charge is 2.08. The first-order chi connectivity index (χ1) is 8.20. The molecule has 0 unspecified atom stereocenters. The maximum Gasteiger partial charge on any atom is 0.115 e. The molecule has 0 saturated carbocycles. The van der Waals surface area contributed by atoms with Crippen molar-refractivity contribution in [2.45, 2.75) is 26.3 Å². The highest BCUT2D eigenvalue weighted by Crippen LogP contribution is 2.26. The van der Waals surface area contributed by atoms with Gasteiger partial charge in [-0.1, -0.05) is 41.4 Å². The molecule has 0 radical (unpaired) electrons. The number of hydrogen-bond acceptors (Lipinski definition) is 2. The molecular weight excluding hydrogens is 278 g/mol. The largest absolute Gasteiger partial charge is 0.396 e. The molecule has 2 N–H and O–H groups in total. The molecule has 1 aromatic heterocycles. The molecule has 2 aromatic rings. The second kappa shape index (κ2) is 5.36. The van der Waals surface area contributed by atoms with E-state index >= 15 is 0 Å². The maximum atomic E-state index is 6.00. The van der Waals surface area contributed by atoms with Crippen molar-refractivity contribution in [1.82, 2.24) is 9.78 Å². The molecule has 4 heteroatoms. The molecule has 2 rings (SSSR count). The fourth-order valence-electron chi connectivity index (χ4n) is 1.73. The molecule has 0 aliphatic rings. The van der Waals surface area contributed by atoms with Crippen molar-refractivity contribution in [3.8, 4) is 11.3 Å². The van der Waals surface area contributed by atoms with E-state index in [-0.39, 0.29) is 0 Å². The number of aryl methyl sites for hydroxylation is 1. The van der Waals surface area contributed by atoms with Gasteiger partial charge in [0.15, 0.2) is 0 Å². The second-order valence-electron chi connectivity index (χ2n) is 4.06. The van der Waals surface area contributed by atoms with Crippen LogP contribution in [0.5, 0.6) is 0 Å². The van der Waals surface area contributed by atoms with E-state index in [1.807, 2.05) is 35.1 Å². The Balaban J connectivity index is 2.29. The topological polar surface area (TPSA) is 43.8 Å². The zero-order valence-corrected chi connectivity index (χ0v) is 11.4. The number of anilines is 1. The van der Waals surface area contributed by atoms with Gasteiger partial charge in [-0.2, -0.15) is 5.10 Å². The highest BCUT2D eigenvalue weighted by molar-refractivity contribution is 9.10. The van der Waals surface area contributed by atoms with Crippen molar-refractivity contribution in [3.05, 3.63) is 34.9 Å². The van der Waals surface area contributed by atoms with Crippen LogP contribution in [0.15, 0.2) is 34.9 Å². The summed E-state index contributed by atoms with van der Waals surface area (Å²) in [7, 11) is 0. The summed E-state index contributed by atoms with van der Waals surface area (Å²) in [5.74, 6) is 0. The highest BCUT2D eigenvalue weighted by atomic mass is 79.9.